The van der Waals surface area contributed by atoms with E-state index in [1.54, 1.807) is 24.2 Å². The molecule has 2 aromatic heterocycles. The molecule has 0 fully saturated rings. The molecular weight excluding hydrogens is 450 g/mol. The molecule has 8 nitrogen and oxygen atoms in total. The average Bonchev–Trinajstić information content (AvgIpc) is 3.40. The Balaban J connectivity index is 1.61. The van der Waals surface area contributed by atoms with Gasteiger partial charge in [0.2, 0.25) is 5.88 Å². The minimum absolute atomic E-state index is 0.0545. The van der Waals surface area contributed by atoms with E-state index >= 15 is 0 Å². The second kappa shape index (κ2) is 9.40. The predicted octanol–water partition coefficient (Wildman–Crippen LogP) is 4.52. The summed E-state index contributed by atoms with van der Waals surface area (Å²) in [6.07, 6.45) is 6.09. The van der Waals surface area contributed by atoms with Gasteiger partial charge in [-0.25, -0.2) is 9.78 Å². The van der Waals surface area contributed by atoms with Crippen molar-refractivity contribution in [3.8, 4) is 17.0 Å². The number of aryl methyl sites for hydroxylation is 1. The first-order valence-electron chi connectivity index (χ1n) is 10.3. The number of aromatic nitrogens is 3. The van der Waals surface area contributed by atoms with Gasteiger partial charge in [-0.2, -0.15) is 0 Å². The van der Waals surface area contributed by atoms with Crippen molar-refractivity contribution >= 4 is 34.7 Å². The number of nitrogens with zero attached hydrogens (tertiary/aromatic N) is 3. The maximum atomic E-state index is 12.8. The molecule has 0 radical (unpaired) electrons. The molecular formula is C22H24ClN5O3S. The van der Waals surface area contributed by atoms with Gasteiger partial charge in [-0.1, -0.05) is 23.7 Å². The normalized spacial score (nSPS) is 13.7. The molecule has 0 saturated carbocycles. The third kappa shape index (κ3) is 4.55. The summed E-state index contributed by atoms with van der Waals surface area (Å²) in [5.41, 5.74) is 4.68. The molecule has 168 valence electrons. The molecule has 0 bridgehead atoms. The molecule has 0 aliphatic heterocycles. The molecule has 2 heterocycles. The molecule has 1 atom stereocenters. The number of urea groups is 1. The molecule has 2 N–H and O–H groups in total. The minimum Gasteiger partial charge on any atom is -0.586 e. The molecule has 2 amide bonds. The van der Waals surface area contributed by atoms with E-state index in [-0.39, 0.29) is 16.1 Å². The monoisotopic (exact) mass is 473 g/mol. The number of pyridine rings is 1. The molecule has 10 heteroatoms. The molecule has 1 aliphatic rings. The number of ether oxygens (including phenoxy) is 1. The first kappa shape index (κ1) is 22.4. The molecule has 4 rings (SSSR count). The van der Waals surface area contributed by atoms with Crippen LogP contribution in [-0.4, -0.2) is 32.5 Å². The highest BCUT2D eigenvalue weighted by Gasteiger charge is 2.26. The van der Waals surface area contributed by atoms with E-state index < -0.39 is 17.4 Å². The number of carbonyl (C=O) groups is 1. The standard InChI is InChI=1S/C22H24ClN5O3S/c1-13(2)28-12-18(23)21(26-28)32(30)27-22(29)25-20-16-6-4-5-14(16)7-8-17(20)15-9-10-24-19(11-15)31-3/h7-13H,4-6H2,1-3H3,(H2,25,27,29). The van der Waals surface area contributed by atoms with Gasteiger partial charge in [-0.3, -0.25) is 4.68 Å². The van der Waals surface area contributed by atoms with Crippen molar-refractivity contribution in [3.05, 3.63) is 52.8 Å². The van der Waals surface area contributed by atoms with Crippen LogP contribution in [0, 0.1) is 0 Å². The van der Waals surface area contributed by atoms with Crippen LogP contribution >= 0.6 is 11.6 Å². The molecule has 1 unspecified atom stereocenters. The third-order valence-corrected chi connectivity index (χ3v) is 6.73. The number of nitrogens with one attached hydrogen (secondary N) is 2. The van der Waals surface area contributed by atoms with Crippen molar-refractivity contribution in [3.63, 3.8) is 0 Å². The van der Waals surface area contributed by atoms with Gasteiger partial charge < -0.3 is 14.6 Å². The highest BCUT2D eigenvalue weighted by atomic mass is 35.5. The minimum atomic E-state index is -1.90. The Labute approximate surface area is 194 Å². The first-order chi connectivity index (χ1) is 15.4. The van der Waals surface area contributed by atoms with Gasteiger partial charge in [-0.15, -0.1) is 9.82 Å². The second-order valence-electron chi connectivity index (χ2n) is 7.75. The van der Waals surface area contributed by atoms with Crippen LogP contribution < -0.4 is 14.8 Å². The van der Waals surface area contributed by atoms with Crippen molar-refractivity contribution in [2.24, 2.45) is 0 Å². The Morgan fingerprint density at radius 1 is 1.31 bits per heavy atom. The fourth-order valence-corrected chi connectivity index (χ4v) is 4.82. The van der Waals surface area contributed by atoms with Crippen LogP contribution in [0.2, 0.25) is 5.02 Å². The summed E-state index contributed by atoms with van der Waals surface area (Å²) in [6.45, 7) is 3.86. The SMILES string of the molecule is COc1cc(-c2ccc3c(c2NC(=O)N[S+]([O-])c2nn(C(C)C)cc2Cl)CCC3)ccn1. The lowest BCUT2D eigenvalue weighted by Gasteiger charge is -2.17. The summed E-state index contributed by atoms with van der Waals surface area (Å²) in [4.78, 5) is 17.0. The fraction of sp³-hybridized carbons (Fsp3) is 0.318. The van der Waals surface area contributed by atoms with E-state index in [1.165, 1.54) is 5.56 Å². The quantitative estimate of drug-likeness (QED) is 0.512. The summed E-state index contributed by atoms with van der Waals surface area (Å²) in [7, 11) is 1.56. The van der Waals surface area contributed by atoms with E-state index in [0.29, 0.717) is 11.6 Å². The maximum Gasteiger partial charge on any atom is 0.361 e. The largest absolute Gasteiger partial charge is 0.586 e. The summed E-state index contributed by atoms with van der Waals surface area (Å²) >= 11 is 4.27. The number of hydrogen-bond acceptors (Lipinski definition) is 5. The van der Waals surface area contributed by atoms with Crippen molar-refractivity contribution in [2.75, 3.05) is 12.4 Å². The predicted molar refractivity (Wildman–Crippen MR) is 124 cm³/mol. The zero-order valence-corrected chi connectivity index (χ0v) is 19.6. The number of fused-ring (bicyclic) bond motifs is 1. The van der Waals surface area contributed by atoms with Gasteiger partial charge in [0, 0.05) is 30.1 Å². The van der Waals surface area contributed by atoms with Crippen LogP contribution in [0.3, 0.4) is 0 Å². The fourth-order valence-electron chi connectivity index (χ4n) is 3.75. The number of carbonyl (C=O) groups excluding carboxylic acids is 1. The van der Waals surface area contributed by atoms with Gasteiger partial charge in [-0.05, 0) is 55.9 Å². The lowest BCUT2D eigenvalue weighted by Crippen LogP contribution is -2.35. The highest BCUT2D eigenvalue weighted by molar-refractivity contribution is 7.90. The van der Waals surface area contributed by atoms with Crippen LogP contribution in [0.1, 0.15) is 37.4 Å². The molecule has 32 heavy (non-hydrogen) atoms. The summed E-state index contributed by atoms with van der Waals surface area (Å²) < 4.78 is 22.0. The second-order valence-corrected chi connectivity index (χ2v) is 9.28. The van der Waals surface area contributed by atoms with E-state index in [9.17, 15) is 9.35 Å². The zero-order chi connectivity index (χ0) is 22.8. The van der Waals surface area contributed by atoms with E-state index in [2.05, 4.69) is 26.2 Å². The Hall–Kier alpha value is -2.75. The Bertz CT molecular complexity index is 1150. The van der Waals surface area contributed by atoms with E-state index in [4.69, 9.17) is 16.3 Å². The van der Waals surface area contributed by atoms with Gasteiger partial charge in [0.25, 0.3) is 0 Å². The zero-order valence-electron chi connectivity index (χ0n) is 18.0. The number of halogens is 1. The number of amides is 2. The van der Waals surface area contributed by atoms with Crippen LogP contribution in [-0.2, 0) is 24.2 Å². The summed E-state index contributed by atoms with van der Waals surface area (Å²) in [5, 5.41) is 7.50. The van der Waals surface area contributed by atoms with Gasteiger partial charge in [0.15, 0.2) is 0 Å². The van der Waals surface area contributed by atoms with E-state index in [1.807, 2.05) is 32.0 Å². The number of methoxy groups -OCH3 is 1. The number of benzene rings is 1. The molecule has 0 saturated heterocycles. The van der Waals surface area contributed by atoms with Crippen LogP contribution in [0.25, 0.3) is 11.1 Å². The number of rotatable bonds is 6. The number of anilines is 1. The highest BCUT2D eigenvalue weighted by Crippen LogP contribution is 2.38. The van der Waals surface area contributed by atoms with Crippen molar-refractivity contribution in [1.82, 2.24) is 19.5 Å². The van der Waals surface area contributed by atoms with E-state index in [0.717, 1.165) is 36.0 Å². The molecule has 3 aromatic rings. The topological polar surface area (TPSA) is 104 Å². The Kier molecular flexibility index (Phi) is 6.59. The smallest absolute Gasteiger partial charge is 0.361 e. The van der Waals surface area contributed by atoms with Crippen molar-refractivity contribution < 1.29 is 14.1 Å². The lowest BCUT2D eigenvalue weighted by atomic mass is 9.98. The van der Waals surface area contributed by atoms with Gasteiger partial charge in [0.1, 0.15) is 16.4 Å². The molecule has 0 spiro atoms. The Morgan fingerprint density at radius 2 is 2.12 bits per heavy atom. The maximum absolute atomic E-state index is 12.8. The average molecular weight is 474 g/mol. The van der Waals surface area contributed by atoms with Crippen LogP contribution in [0.15, 0.2) is 41.7 Å². The summed E-state index contributed by atoms with van der Waals surface area (Å²) in [5.74, 6) is 0.481. The van der Waals surface area contributed by atoms with Crippen molar-refractivity contribution in [1.29, 1.82) is 0 Å². The Morgan fingerprint density at radius 3 is 2.84 bits per heavy atom. The molecule has 1 aliphatic carbocycles. The van der Waals surface area contributed by atoms with Crippen LogP contribution in [0.4, 0.5) is 10.5 Å². The van der Waals surface area contributed by atoms with Gasteiger partial charge >= 0.3 is 11.1 Å². The number of hydrogen-bond donors (Lipinski definition) is 2. The van der Waals surface area contributed by atoms with Crippen LogP contribution in [0.5, 0.6) is 5.88 Å². The first-order valence-corrected chi connectivity index (χ1v) is 11.8. The summed E-state index contributed by atoms with van der Waals surface area (Å²) in [6, 6.07) is 7.20. The van der Waals surface area contributed by atoms with Gasteiger partial charge in [0.05, 0.1) is 12.8 Å². The third-order valence-electron chi connectivity index (χ3n) is 5.32. The lowest BCUT2D eigenvalue weighted by molar-refractivity contribution is 0.256. The molecule has 1 aromatic carbocycles. The van der Waals surface area contributed by atoms with Crippen molar-refractivity contribution in [2.45, 2.75) is 44.2 Å².